The Morgan fingerprint density at radius 3 is 2.64 bits per heavy atom. The van der Waals surface area contributed by atoms with Crippen LogP contribution in [0, 0.1) is 11.7 Å². The van der Waals surface area contributed by atoms with Crippen LogP contribution in [0.4, 0.5) is 4.39 Å². The Hall–Kier alpha value is -3.29. The lowest BCUT2D eigenvalue weighted by molar-refractivity contribution is -0.138. The van der Waals surface area contributed by atoms with E-state index in [1.807, 2.05) is 6.07 Å². The summed E-state index contributed by atoms with van der Waals surface area (Å²) in [6.07, 6.45) is 1.36. The third kappa shape index (κ3) is 4.91. The number of likely N-dealkylation sites (tertiary alicyclic amines) is 1. The molecular weight excluding hydrogens is 365 g/mol. The number of nitrogens with one attached hydrogen (secondary N) is 1. The van der Waals surface area contributed by atoms with Crippen molar-refractivity contribution in [2.24, 2.45) is 5.92 Å². The molecule has 2 amide bonds. The van der Waals surface area contributed by atoms with Crippen LogP contribution in [-0.2, 0) is 20.9 Å². The average molecular weight is 385 g/mol. The summed E-state index contributed by atoms with van der Waals surface area (Å²) in [6, 6.07) is 9.92. The normalized spacial score (nSPS) is 17.4. The van der Waals surface area contributed by atoms with E-state index in [2.05, 4.69) is 10.3 Å². The molecule has 8 heteroatoms. The van der Waals surface area contributed by atoms with Gasteiger partial charge in [-0.2, -0.15) is 0 Å². The second-order valence-electron chi connectivity index (χ2n) is 6.71. The number of aliphatic carboxylic acids is 1. The molecule has 2 heterocycles. The molecular formula is C20H20FN3O4. The quantitative estimate of drug-likeness (QED) is 0.758. The van der Waals surface area contributed by atoms with E-state index in [9.17, 15) is 18.8 Å². The van der Waals surface area contributed by atoms with Crippen LogP contribution in [0.25, 0.3) is 0 Å². The largest absolute Gasteiger partial charge is 0.481 e. The van der Waals surface area contributed by atoms with Crippen molar-refractivity contribution in [1.82, 2.24) is 15.2 Å². The monoisotopic (exact) mass is 385 g/mol. The number of benzene rings is 1. The third-order valence-electron chi connectivity index (χ3n) is 4.63. The van der Waals surface area contributed by atoms with Crippen molar-refractivity contribution in [2.75, 3.05) is 6.54 Å². The van der Waals surface area contributed by atoms with Gasteiger partial charge in [-0.3, -0.25) is 19.4 Å². The molecule has 2 N–H and O–H groups in total. The summed E-state index contributed by atoms with van der Waals surface area (Å²) < 4.78 is 13.1. The van der Waals surface area contributed by atoms with Gasteiger partial charge in [0.15, 0.2) is 0 Å². The van der Waals surface area contributed by atoms with Gasteiger partial charge in [0, 0.05) is 19.2 Å². The van der Waals surface area contributed by atoms with Crippen LogP contribution in [-0.4, -0.2) is 39.3 Å². The minimum atomic E-state index is -1.09. The van der Waals surface area contributed by atoms with Gasteiger partial charge in [-0.1, -0.05) is 18.2 Å². The highest BCUT2D eigenvalue weighted by Gasteiger charge is 2.35. The summed E-state index contributed by atoms with van der Waals surface area (Å²) in [6.45, 7) is 0.560. The molecule has 0 spiro atoms. The van der Waals surface area contributed by atoms with Crippen molar-refractivity contribution >= 4 is 17.8 Å². The molecule has 1 aliphatic rings. The van der Waals surface area contributed by atoms with Crippen molar-refractivity contribution < 1.29 is 23.9 Å². The molecule has 3 rings (SSSR count). The summed E-state index contributed by atoms with van der Waals surface area (Å²) in [5.41, 5.74) is 1.22. The van der Waals surface area contributed by atoms with Gasteiger partial charge in [0.2, 0.25) is 11.8 Å². The number of amides is 2. The fourth-order valence-electron chi connectivity index (χ4n) is 3.20. The smallest absolute Gasteiger partial charge is 0.305 e. The number of carbonyl (C=O) groups excluding carboxylic acids is 2. The molecule has 2 atom stereocenters. The summed E-state index contributed by atoms with van der Waals surface area (Å²) in [5.74, 6) is -2.66. The number of nitrogens with zero attached hydrogens (tertiary/aromatic N) is 2. The molecule has 28 heavy (non-hydrogen) atoms. The summed E-state index contributed by atoms with van der Waals surface area (Å²) >= 11 is 0. The Morgan fingerprint density at radius 2 is 2.00 bits per heavy atom. The minimum absolute atomic E-state index is 0.0574. The Morgan fingerprint density at radius 1 is 1.25 bits per heavy atom. The van der Waals surface area contributed by atoms with Crippen molar-refractivity contribution in [1.29, 1.82) is 0 Å². The van der Waals surface area contributed by atoms with Gasteiger partial charge in [-0.15, -0.1) is 0 Å². The number of pyridine rings is 1. The lowest BCUT2D eigenvalue weighted by atomic mass is 10.0. The Labute approximate surface area is 161 Å². The van der Waals surface area contributed by atoms with Crippen LogP contribution in [0.15, 0.2) is 48.7 Å². The molecule has 0 unspecified atom stereocenters. The zero-order valence-corrected chi connectivity index (χ0v) is 15.0. The van der Waals surface area contributed by atoms with Gasteiger partial charge in [0.1, 0.15) is 5.82 Å². The molecule has 1 aliphatic heterocycles. The maximum Gasteiger partial charge on any atom is 0.305 e. The van der Waals surface area contributed by atoms with Crippen molar-refractivity contribution in [3.8, 4) is 0 Å². The maximum atomic E-state index is 13.1. The third-order valence-corrected chi connectivity index (χ3v) is 4.63. The van der Waals surface area contributed by atoms with Crippen LogP contribution >= 0.6 is 0 Å². The van der Waals surface area contributed by atoms with E-state index in [-0.39, 0.29) is 25.3 Å². The van der Waals surface area contributed by atoms with Gasteiger partial charge in [-0.25, -0.2) is 4.39 Å². The van der Waals surface area contributed by atoms with Crippen LogP contribution < -0.4 is 5.32 Å². The number of aromatic nitrogens is 1. The fraction of sp³-hybridized carbons (Fsp3) is 0.300. The van der Waals surface area contributed by atoms with E-state index in [1.165, 1.54) is 24.3 Å². The van der Waals surface area contributed by atoms with E-state index in [0.717, 1.165) is 5.69 Å². The van der Waals surface area contributed by atoms with E-state index in [1.54, 1.807) is 23.2 Å². The molecule has 1 aromatic heterocycles. The van der Waals surface area contributed by atoms with Crippen molar-refractivity contribution in [3.63, 3.8) is 0 Å². The summed E-state index contributed by atoms with van der Waals surface area (Å²) in [7, 11) is 0. The summed E-state index contributed by atoms with van der Waals surface area (Å²) in [5, 5.41) is 11.8. The second-order valence-corrected chi connectivity index (χ2v) is 6.71. The molecule has 2 aromatic rings. The molecule has 1 fully saturated rings. The lowest BCUT2D eigenvalue weighted by Crippen LogP contribution is -2.36. The van der Waals surface area contributed by atoms with Gasteiger partial charge < -0.3 is 15.3 Å². The summed E-state index contributed by atoms with van der Waals surface area (Å²) in [4.78, 5) is 41.8. The molecule has 1 aromatic carbocycles. The molecule has 0 aliphatic carbocycles. The Bertz CT molecular complexity index is 858. The number of carboxylic acid groups (broad SMARTS) is 1. The minimum Gasteiger partial charge on any atom is -0.481 e. The molecule has 146 valence electrons. The first-order chi connectivity index (χ1) is 13.4. The number of rotatable bonds is 7. The fourth-order valence-corrected chi connectivity index (χ4v) is 3.20. The topological polar surface area (TPSA) is 99.6 Å². The van der Waals surface area contributed by atoms with Crippen molar-refractivity contribution in [2.45, 2.75) is 25.4 Å². The molecule has 0 bridgehead atoms. The van der Waals surface area contributed by atoms with Crippen LogP contribution in [0.1, 0.15) is 30.1 Å². The first-order valence-corrected chi connectivity index (χ1v) is 8.87. The number of hydrogen-bond acceptors (Lipinski definition) is 4. The lowest BCUT2D eigenvalue weighted by Gasteiger charge is -2.20. The number of halogens is 1. The highest BCUT2D eigenvalue weighted by molar-refractivity contribution is 5.89. The predicted molar refractivity (Wildman–Crippen MR) is 97.3 cm³/mol. The molecule has 1 saturated heterocycles. The molecule has 0 radical (unpaired) electrons. The SMILES string of the molecule is O=C(O)C[C@@H](NC(=O)[C@H]1CC(=O)N(Cc2ccccn2)C1)c1ccc(F)cc1. The zero-order chi connectivity index (χ0) is 20.1. The first kappa shape index (κ1) is 19.5. The van der Waals surface area contributed by atoms with Gasteiger partial charge in [0.05, 0.1) is 30.6 Å². The second kappa shape index (κ2) is 8.60. The van der Waals surface area contributed by atoms with Crippen LogP contribution in [0.5, 0.6) is 0 Å². The maximum absolute atomic E-state index is 13.1. The Balaban J connectivity index is 1.65. The molecule has 0 saturated carbocycles. The van der Waals surface area contributed by atoms with Crippen LogP contribution in [0.2, 0.25) is 0 Å². The number of hydrogen-bond donors (Lipinski definition) is 2. The number of carbonyl (C=O) groups is 3. The van der Waals surface area contributed by atoms with E-state index in [0.29, 0.717) is 12.1 Å². The van der Waals surface area contributed by atoms with E-state index < -0.39 is 29.7 Å². The van der Waals surface area contributed by atoms with Gasteiger partial charge >= 0.3 is 5.97 Å². The number of carboxylic acids is 1. The average Bonchev–Trinajstić information content (AvgIpc) is 3.03. The molecule has 7 nitrogen and oxygen atoms in total. The Kier molecular flexibility index (Phi) is 5.98. The van der Waals surface area contributed by atoms with E-state index in [4.69, 9.17) is 5.11 Å². The van der Waals surface area contributed by atoms with Crippen LogP contribution in [0.3, 0.4) is 0 Å². The predicted octanol–water partition coefficient (Wildman–Crippen LogP) is 1.90. The van der Waals surface area contributed by atoms with Crippen molar-refractivity contribution in [3.05, 3.63) is 65.7 Å². The first-order valence-electron chi connectivity index (χ1n) is 8.87. The highest BCUT2D eigenvalue weighted by atomic mass is 19.1. The highest BCUT2D eigenvalue weighted by Crippen LogP contribution is 2.23. The van der Waals surface area contributed by atoms with Gasteiger partial charge in [0.25, 0.3) is 0 Å². The zero-order valence-electron chi connectivity index (χ0n) is 15.0. The van der Waals surface area contributed by atoms with Gasteiger partial charge in [-0.05, 0) is 29.8 Å². The standard InChI is InChI=1S/C20H20FN3O4/c21-15-6-4-13(5-7-15)17(10-19(26)27)23-20(28)14-9-18(25)24(11-14)12-16-3-1-2-8-22-16/h1-8,14,17H,9-12H2,(H,23,28)(H,26,27)/t14-,17+/m0/s1. The van der Waals surface area contributed by atoms with E-state index >= 15 is 0 Å².